The van der Waals surface area contributed by atoms with Crippen LogP contribution in [0.25, 0.3) is 0 Å². The summed E-state index contributed by atoms with van der Waals surface area (Å²) in [5, 5.41) is 16.6. The molecule has 3 aliphatic rings. The van der Waals surface area contributed by atoms with Crippen LogP contribution in [0.1, 0.15) is 67.8 Å². The number of rotatable bonds is 11. The summed E-state index contributed by atoms with van der Waals surface area (Å²) < 4.78 is 11.4. The Morgan fingerprint density at radius 2 is 1.69 bits per heavy atom. The van der Waals surface area contributed by atoms with Crippen LogP contribution in [0, 0.1) is 5.92 Å². The molecule has 5 rings (SSSR count). The van der Waals surface area contributed by atoms with E-state index in [1.54, 1.807) is 36.2 Å². The van der Waals surface area contributed by atoms with Crippen LogP contribution in [0.3, 0.4) is 0 Å². The van der Waals surface area contributed by atoms with Gasteiger partial charge in [-0.1, -0.05) is 25.5 Å². The van der Waals surface area contributed by atoms with Gasteiger partial charge in [-0.05, 0) is 86.4 Å². The van der Waals surface area contributed by atoms with Gasteiger partial charge in [0.15, 0.2) is 0 Å². The number of aliphatic hydroxyl groups excluding tert-OH is 1. The molecule has 0 saturated carbocycles. The van der Waals surface area contributed by atoms with Crippen LogP contribution < -0.4 is 15.4 Å². The number of halogens is 1. The number of piperidine rings is 1. The molecular weight excluding hydrogens is 596 g/mol. The summed E-state index contributed by atoms with van der Waals surface area (Å²) in [6, 6.07) is 14.0. The number of benzene rings is 2. The number of likely N-dealkylation sites (tertiary alicyclic amines) is 1. The number of carbonyl (C=O) groups is 3. The molecule has 3 amide bonds. The van der Waals surface area contributed by atoms with Gasteiger partial charge in [-0.25, -0.2) is 0 Å². The Bertz CT molecular complexity index is 1280. The maximum absolute atomic E-state index is 13.8. The highest BCUT2D eigenvalue weighted by Crippen LogP contribution is 2.35. The number of hydrogen-bond donors (Lipinski definition) is 3. The van der Waals surface area contributed by atoms with Crippen molar-refractivity contribution in [1.82, 2.24) is 20.4 Å². The quantitative estimate of drug-likeness (QED) is 0.340. The van der Waals surface area contributed by atoms with E-state index in [2.05, 4.69) is 22.5 Å². The van der Waals surface area contributed by atoms with E-state index in [0.29, 0.717) is 75.1 Å². The van der Waals surface area contributed by atoms with Gasteiger partial charge in [-0.3, -0.25) is 19.3 Å². The van der Waals surface area contributed by atoms with Crippen LogP contribution in [0.15, 0.2) is 48.5 Å². The Morgan fingerprint density at radius 1 is 1.07 bits per heavy atom. The molecule has 0 unspecified atom stereocenters. The average Bonchev–Trinajstić information content (AvgIpc) is 3.05. The van der Waals surface area contributed by atoms with E-state index < -0.39 is 17.7 Å². The number of hydrogen-bond acceptors (Lipinski definition) is 7. The van der Waals surface area contributed by atoms with E-state index in [4.69, 9.17) is 9.47 Å². The maximum atomic E-state index is 13.8. The number of carbonyl (C=O) groups excluding carboxylic acids is 3. The molecule has 45 heavy (non-hydrogen) atoms. The first kappa shape index (κ1) is 34.7. The molecule has 3 N–H and O–H groups in total. The third-order valence-electron chi connectivity index (χ3n) is 9.39. The van der Waals surface area contributed by atoms with Crippen molar-refractivity contribution in [3.05, 3.63) is 59.7 Å². The van der Waals surface area contributed by atoms with E-state index in [9.17, 15) is 19.5 Å². The van der Waals surface area contributed by atoms with Crippen LogP contribution in [-0.2, 0) is 20.9 Å². The van der Waals surface area contributed by atoms with E-state index in [1.807, 2.05) is 24.3 Å². The van der Waals surface area contributed by atoms with Gasteiger partial charge in [0, 0.05) is 52.0 Å². The molecule has 3 aliphatic heterocycles. The molecule has 3 saturated heterocycles. The number of unbranched alkanes of at least 4 members (excludes halogenated alkanes) is 1. The molecule has 2 aromatic rings. The Labute approximate surface area is 272 Å². The Hall–Kier alpha value is -3.18. The Kier molecular flexibility index (Phi) is 12.2. The number of aliphatic hydroxyl groups is 1. The third kappa shape index (κ3) is 8.16. The van der Waals surface area contributed by atoms with E-state index in [1.165, 1.54) is 0 Å². The zero-order valence-electron chi connectivity index (χ0n) is 26.3. The minimum Gasteiger partial charge on any atom is -0.457 e. The maximum Gasteiger partial charge on any atom is 0.251 e. The lowest BCUT2D eigenvalue weighted by Crippen LogP contribution is -2.74. The summed E-state index contributed by atoms with van der Waals surface area (Å²) in [5.74, 6) is 1.24. The SMILES string of the molecule is CCCCN1C(=O)[C@@H]([C@H](O)CC2CCOCC2)NC(=O)C12CCN(Cc1ccc(Oc3ccc(C(=O)NC)cc3)cc1)CC2.Cl. The first-order chi connectivity index (χ1) is 21.3. The molecule has 0 radical (unpaired) electrons. The normalized spacial score (nSPS) is 21.1. The third-order valence-corrected chi connectivity index (χ3v) is 9.39. The fourth-order valence-corrected chi connectivity index (χ4v) is 6.65. The van der Waals surface area contributed by atoms with Crippen LogP contribution >= 0.6 is 12.4 Å². The summed E-state index contributed by atoms with van der Waals surface area (Å²) in [6.45, 7) is 6.08. The lowest BCUT2D eigenvalue weighted by molar-refractivity contribution is -0.165. The second-order valence-electron chi connectivity index (χ2n) is 12.3. The van der Waals surface area contributed by atoms with Gasteiger partial charge in [0.1, 0.15) is 23.1 Å². The monoisotopic (exact) mass is 642 g/mol. The number of piperazine rings is 1. The lowest BCUT2D eigenvalue weighted by atomic mass is 9.80. The van der Waals surface area contributed by atoms with E-state index in [0.717, 1.165) is 37.8 Å². The minimum absolute atomic E-state index is 0. The summed E-state index contributed by atoms with van der Waals surface area (Å²) in [4.78, 5) is 43.4. The minimum atomic E-state index is -0.898. The van der Waals surface area contributed by atoms with Crippen LogP contribution in [0.5, 0.6) is 11.5 Å². The van der Waals surface area contributed by atoms with Gasteiger partial charge in [0.2, 0.25) is 11.8 Å². The molecule has 0 bridgehead atoms. The number of nitrogens with zero attached hydrogens (tertiary/aromatic N) is 2. The van der Waals surface area contributed by atoms with Crippen molar-refractivity contribution >= 4 is 30.1 Å². The fraction of sp³-hybridized carbons (Fsp3) is 0.559. The van der Waals surface area contributed by atoms with E-state index >= 15 is 0 Å². The molecule has 10 nitrogen and oxygen atoms in total. The second-order valence-corrected chi connectivity index (χ2v) is 12.3. The van der Waals surface area contributed by atoms with E-state index in [-0.39, 0.29) is 30.1 Å². The predicted octanol–water partition coefficient (Wildman–Crippen LogP) is 3.90. The van der Waals surface area contributed by atoms with Gasteiger partial charge in [0.25, 0.3) is 5.91 Å². The van der Waals surface area contributed by atoms with Gasteiger partial charge in [0.05, 0.1) is 6.10 Å². The summed E-state index contributed by atoms with van der Waals surface area (Å²) in [7, 11) is 1.60. The van der Waals surface area contributed by atoms with Crippen molar-refractivity contribution in [2.45, 2.75) is 76.1 Å². The highest BCUT2D eigenvalue weighted by atomic mass is 35.5. The molecule has 11 heteroatoms. The molecule has 1 spiro atoms. The van der Waals surface area contributed by atoms with Crippen molar-refractivity contribution in [1.29, 1.82) is 0 Å². The lowest BCUT2D eigenvalue weighted by Gasteiger charge is -2.52. The fourth-order valence-electron chi connectivity index (χ4n) is 6.65. The van der Waals surface area contributed by atoms with Crippen LogP contribution in [0.4, 0.5) is 0 Å². The van der Waals surface area contributed by atoms with Crippen molar-refractivity contribution in [2.24, 2.45) is 5.92 Å². The molecule has 3 heterocycles. The zero-order valence-corrected chi connectivity index (χ0v) is 27.2. The molecule has 0 aliphatic carbocycles. The molecule has 3 fully saturated rings. The van der Waals surface area contributed by atoms with Gasteiger partial charge in [-0.2, -0.15) is 0 Å². The first-order valence-corrected chi connectivity index (χ1v) is 16.0. The van der Waals surface area contributed by atoms with Crippen molar-refractivity contribution in [3.8, 4) is 11.5 Å². The van der Waals surface area contributed by atoms with Crippen molar-refractivity contribution in [2.75, 3.05) is 39.9 Å². The molecule has 2 aromatic carbocycles. The van der Waals surface area contributed by atoms with Crippen molar-refractivity contribution < 1.29 is 29.0 Å². The molecular formula is C34H47ClN4O6. The van der Waals surface area contributed by atoms with Gasteiger partial charge in [-0.15, -0.1) is 12.4 Å². The summed E-state index contributed by atoms with van der Waals surface area (Å²) in [6.07, 6.45) is 4.20. The second kappa shape index (κ2) is 15.9. The summed E-state index contributed by atoms with van der Waals surface area (Å²) in [5.41, 5.74) is 0.833. The number of amides is 3. The Morgan fingerprint density at radius 3 is 2.29 bits per heavy atom. The molecule has 2 atom stereocenters. The zero-order chi connectivity index (χ0) is 31.1. The van der Waals surface area contributed by atoms with Crippen molar-refractivity contribution in [3.63, 3.8) is 0 Å². The standard InChI is InChI=1S/C34H46N4O6.ClH/c1-3-4-17-38-32(41)30(29(39)22-24-13-20-43-21-14-24)36-33(42)34(38)15-18-37(19-16-34)23-25-5-9-27(10-6-25)44-28-11-7-26(8-12-28)31(40)35-2;/h5-12,24,29-30,39H,3-4,13-23H2,1-2H3,(H,35,40)(H,36,42);1H/t29-,30-;/m1./s1. The topological polar surface area (TPSA) is 120 Å². The highest BCUT2D eigenvalue weighted by molar-refractivity contribution is 6.00. The molecule has 0 aromatic heterocycles. The highest BCUT2D eigenvalue weighted by Gasteiger charge is 2.54. The number of nitrogens with one attached hydrogen (secondary N) is 2. The van der Waals surface area contributed by atoms with Crippen LogP contribution in [-0.4, -0.2) is 90.2 Å². The Balaban J connectivity index is 0.00000461. The van der Waals surface area contributed by atoms with Crippen LogP contribution in [0.2, 0.25) is 0 Å². The molecule has 246 valence electrons. The predicted molar refractivity (Wildman–Crippen MR) is 174 cm³/mol. The average molecular weight is 643 g/mol. The summed E-state index contributed by atoms with van der Waals surface area (Å²) >= 11 is 0. The largest absolute Gasteiger partial charge is 0.457 e. The van der Waals surface area contributed by atoms with Gasteiger partial charge >= 0.3 is 0 Å². The van der Waals surface area contributed by atoms with Gasteiger partial charge < -0.3 is 30.1 Å². The number of ether oxygens (including phenoxy) is 2. The first-order valence-electron chi connectivity index (χ1n) is 16.0. The smallest absolute Gasteiger partial charge is 0.251 e.